The van der Waals surface area contributed by atoms with Crippen LogP contribution in [0.1, 0.15) is 12.1 Å². The molecule has 2 N–H and O–H groups in total. The molecule has 0 atom stereocenters. The number of ether oxygens (including phenoxy) is 1. The Labute approximate surface area is 123 Å². The minimum Gasteiger partial charge on any atom is -0.497 e. The Kier molecular flexibility index (Phi) is 5.05. The van der Waals surface area contributed by atoms with E-state index in [1.165, 1.54) is 6.33 Å². The summed E-state index contributed by atoms with van der Waals surface area (Å²) in [7, 11) is 1.60. The van der Waals surface area contributed by atoms with Crippen LogP contribution in [0.5, 0.6) is 5.75 Å². The molecule has 0 fully saturated rings. The maximum Gasteiger partial charge on any atom is 0.187 e. The normalized spacial score (nSPS) is 10.5. The molecule has 0 saturated heterocycles. The molecule has 1 aromatic carbocycles. The van der Waals surface area contributed by atoms with Crippen molar-refractivity contribution in [1.29, 1.82) is 0 Å². The highest BCUT2D eigenvalue weighted by atomic mass is 19.1. The van der Waals surface area contributed by atoms with Gasteiger partial charge < -0.3 is 15.4 Å². The Bertz CT molecular complexity index is 606. The lowest BCUT2D eigenvalue weighted by Crippen LogP contribution is -2.23. The summed E-state index contributed by atoms with van der Waals surface area (Å²) in [6, 6.07) is 7.42. The first-order chi connectivity index (χ1) is 10.2. The zero-order chi connectivity index (χ0) is 15.2. The van der Waals surface area contributed by atoms with Crippen molar-refractivity contribution in [2.75, 3.05) is 25.1 Å². The highest BCUT2D eigenvalue weighted by Gasteiger charge is 2.17. The Morgan fingerprint density at radius 3 is 2.86 bits per heavy atom. The van der Waals surface area contributed by atoms with Crippen LogP contribution in [-0.2, 0) is 0 Å². The minimum absolute atomic E-state index is 0.254. The molecular weight excluding hydrogens is 271 g/mol. The van der Waals surface area contributed by atoms with Gasteiger partial charge in [-0.1, -0.05) is 6.07 Å². The Balaban J connectivity index is 2.44. The molecular formula is C15H19FN4O. The molecule has 0 saturated carbocycles. The second-order valence-electron chi connectivity index (χ2n) is 4.59. The van der Waals surface area contributed by atoms with Gasteiger partial charge in [-0.05, 0) is 32.0 Å². The summed E-state index contributed by atoms with van der Waals surface area (Å²) in [4.78, 5) is 9.74. The van der Waals surface area contributed by atoms with E-state index in [4.69, 9.17) is 10.5 Å². The fourth-order valence-corrected chi connectivity index (χ4v) is 2.02. The molecule has 0 aliphatic heterocycles. The van der Waals surface area contributed by atoms with Gasteiger partial charge in [0.2, 0.25) is 0 Å². The molecule has 5 nitrogen and oxygen atoms in total. The molecule has 0 radical (unpaired) electrons. The average molecular weight is 290 g/mol. The zero-order valence-corrected chi connectivity index (χ0v) is 12.2. The van der Waals surface area contributed by atoms with Crippen molar-refractivity contribution in [1.82, 2.24) is 9.97 Å². The van der Waals surface area contributed by atoms with E-state index in [9.17, 15) is 4.39 Å². The van der Waals surface area contributed by atoms with Gasteiger partial charge in [-0.25, -0.2) is 14.4 Å². The number of halogens is 1. The van der Waals surface area contributed by atoms with Gasteiger partial charge in [-0.3, -0.25) is 0 Å². The maximum atomic E-state index is 14.3. The SMILES string of the molecule is COc1cccc(N(CCCN)c2ncnc(C)c2F)c1. The van der Waals surface area contributed by atoms with E-state index in [1.54, 1.807) is 18.9 Å². The number of rotatable bonds is 6. The quantitative estimate of drug-likeness (QED) is 0.885. The molecule has 2 aromatic rings. The Morgan fingerprint density at radius 1 is 1.33 bits per heavy atom. The highest BCUT2D eigenvalue weighted by Crippen LogP contribution is 2.29. The fraction of sp³-hybridized carbons (Fsp3) is 0.333. The van der Waals surface area contributed by atoms with Gasteiger partial charge in [0.1, 0.15) is 12.1 Å². The summed E-state index contributed by atoms with van der Waals surface area (Å²) in [6.07, 6.45) is 2.09. The van der Waals surface area contributed by atoms with Gasteiger partial charge in [-0.2, -0.15) is 0 Å². The predicted molar refractivity (Wildman–Crippen MR) is 80.4 cm³/mol. The highest BCUT2D eigenvalue weighted by molar-refractivity contribution is 5.62. The van der Waals surface area contributed by atoms with Crippen LogP contribution in [0.25, 0.3) is 0 Å². The van der Waals surface area contributed by atoms with E-state index < -0.39 is 5.82 Å². The molecule has 0 amide bonds. The number of nitrogens with two attached hydrogens (primary N) is 1. The van der Waals surface area contributed by atoms with E-state index in [1.807, 2.05) is 24.3 Å². The second-order valence-corrected chi connectivity index (χ2v) is 4.59. The molecule has 0 spiro atoms. The van der Waals surface area contributed by atoms with Crippen LogP contribution in [-0.4, -0.2) is 30.2 Å². The lowest BCUT2D eigenvalue weighted by molar-refractivity contribution is 0.415. The van der Waals surface area contributed by atoms with Gasteiger partial charge >= 0.3 is 0 Å². The van der Waals surface area contributed by atoms with Crippen molar-refractivity contribution in [2.45, 2.75) is 13.3 Å². The Hall–Kier alpha value is -2.21. The van der Waals surface area contributed by atoms with Crippen LogP contribution < -0.4 is 15.4 Å². The molecule has 0 aliphatic rings. The standard InChI is InChI=1S/C15H19FN4O/c1-11-14(16)15(19-10-18-11)20(8-4-7-17)12-5-3-6-13(9-12)21-2/h3,5-6,9-10H,4,7-8,17H2,1-2H3. The summed E-state index contributed by atoms with van der Waals surface area (Å²) in [6.45, 7) is 2.70. The van der Waals surface area contributed by atoms with Gasteiger partial charge in [0.15, 0.2) is 11.6 Å². The number of benzene rings is 1. The van der Waals surface area contributed by atoms with Crippen LogP contribution in [0.3, 0.4) is 0 Å². The average Bonchev–Trinajstić information content (AvgIpc) is 2.52. The number of aryl methyl sites for hydroxylation is 1. The first kappa shape index (κ1) is 15.2. The van der Waals surface area contributed by atoms with Crippen LogP contribution in [0.4, 0.5) is 15.9 Å². The van der Waals surface area contributed by atoms with Gasteiger partial charge in [0.25, 0.3) is 0 Å². The third kappa shape index (κ3) is 3.46. The van der Waals surface area contributed by atoms with Crippen molar-refractivity contribution < 1.29 is 9.13 Å². The Morgan fingerprint density at radius 2 is 2.14 bits per heavy atom. The van der Waals surface area contributed by atoms with Crippen molar-refractivity contribution in [3.63, 3.8) is 0 Å². The second kappa shape index (κ2) is 6.99. The van der Waals surface area contributed by atoms with Crippen LogP contribution >= 0.6 is 0 Å². The monoisotopic (exact) mass is 290 g/mol. The molecule has 1 aromatic heterocycles. The first-order valence-electron chi connectivity index (χ1n) is 6.76. The smallest absolute Gasteiger partial charge is 0.187 e. The van der Waals surface area contributed by atoms with Crippen LogP contribution in [0.15, 0.2) is 30.6 Å². The van der Waals surface area contributed by atoms with Crippen molar-refractivity contribution >= 4 is 11.5 Å². The molecule has 1 heterocycles. The minimum atomic E-state index is -0.419. The summed E-state index contributed by atoms with van der Waals surface area (Å²) < 4.78 is 19.5. The molecule has 6 heteroatoms. The van der Waals surface area contributed by atoms with E-state index in [2.05, 4.69) is 9.97 Å². The molecule has 0 bridgehead atoms. The maximum absolute atomic E-state index is 14.3. The third-order valence-electron chi connectivity index (χ3n) is 3.15. The fourth-order valence-electron chi connectivity index (χ4n) is 2.02. The van der Waals surface area contributed by atoms with E-state index in [0.717, 1.165) is 12.1 Å². The summed E-state index contributed by atoms with van der Waals surface area (Å²) in [5.41, 5.74) is 6.70. The number of methoxy groups -OCH3 is 1. The number of aromatic nitrogens is 2. The molecule has 2 rings (SSSR count). The van der Waals surface area contributed by atoms with Crippen molar-refractivity contribution in [2.24, 2.45) is 5.73 Å². The predicted octanol–water partition coefficient (Wildman–Crippen LogP) is 2.42. The topological polar surface area (TPSA) is 64.3 Å². The molecule has 21 heavy (non-hydrogen) atoms. The lowest BCUT2D eigenvalue weighted by atomic mass is 10.2. The number of nitrogens with zero attached hydrogens (tertiary/aromatic N) is 3. The van der Waals surface area contributed by atoms with E-state index >= 15 is 0 Å². The van der Waals surface area contributed by atoms with Crippen LogP contribution in [0.2, 0.25) is 0 Å². The number of hydrogen-bond acceptors (Lipinski definition) is 5. The summed E-state index contributed by atoms with van der Waals surface area (Å²) in [5, 5.41) is 0. The molecule has 112 valence electrons. The van der Waals surface area contributed by atoms with Gasteiger partial charge in [0, 0.05) is 18.3 Å². The first-order valence-corrected chi connectivity index (χ1v) is 6.76. The van der Waals surface area contributed by atoms with E-state index in [-0.39, 0.29) is 5.82 Å². The zero-order valence-electron chi connectivity index (χ0n) is 12.2. The van der Waals surface area contributed by atoms with Crippen molar-refractivity contribution in [3.8, 4) is 5.75 Å². The molecule has 0 unspecified atom stereocenters. The molecule has 0 aliphatic carbocycles. The van der Waals surface area contributed by atoms with E-state index in [0.29, 0.717) is 24.5 Å². The van der Waals surface area contributed by atoms with Crippen molar-refractivity contribution in [3.05, 3.63) is 42.1 Å². The number of hydrogen-bond donors (Lipinski definition) is 1. The summed E-state index contributed by atoms with van der Waals surface area (Å²) in [5.74, 6) is 0.540. The third-order valence-corrected chi connectivity index (χ3v) is 3.15. The number of anilines is 2. The lowest BCUT2D eigenvalue weighted by Gasteiger charge is -2.24. The van der Waals surface area contributed by atoms with Crippen LogP contribution in [0, 0.1) is 12.7 Å². The van der Waals surface area contributed by atoms with Gasteiger partial charge in [0.05, 0.1) is 12.8 Å². The largest absolute Gasteiger partial charge is 0.497 e. The van der Waals surface area contributed by atoms with Gasteiger partial charge in [-0.15, -0.1) is 0 Å². The summed E-state index contributed by atoms with van der Waals surface area (Å²) >= 11 is 0.